The molecule has 0 radical (unpaired) electrons. The lowest BCUT2D eigenvalue weighted by Crippen LogP contribution is -2.45. The minimum absolute atomic E-state index is 0.0384. The number of hydrogen-bond acceptors (Lipinski definition) is 9. The van der Waals surface area contributed by atoms with Gasteiger partial charge in [0, 0.05) is 23.8 Å². The molecular weight excluding hydrogens is 438 g/mol. The monoisotopic (exact) mass is 467 g/mol. The van der Waals surface area contributed by atoms with Crippen molar-refractivity contribution in [1.29, 1.82) is 0 Å². The first-order chi connectivity index (χ1) is 16.3. The molecule has 2 aromatic heterocycles. The van der Waals surface area contributed by atoms with E-state index in [2.05, 4.69) is 25.4 Å². The molecule has 1 N–H and O–H groups in total. The highest BCUT2D eigenvalue weighted by Crippen LogP contribution is 2.46. The standard InChI is InChI=1S/C23H29N7O4/c1-14-10-23(22(33)30(14)18-12-34-21(32)15(18)2)6-8-28(9-7-23)11-19(31)17-4-5-20(25-16(17)3)29-13-24-26-27-29/h4-5,13-14,19,31H,6-12H2,1-3H3/t14?,19-/m0/s1. The molecule has 180 valence electrons. The molecule has 11 heteroatoms. The second-order valence-electron chi connectivity index (χ2n) is 9.57. The number of carbonyl (C=O) groups is 2. The van der Waals surface area contributed by atoms with E-state index < -0.39 is 11.5 Å². The molecular formula is C23H29N7O4. The van der Waals surface area contributed by atoms with Gasteiger partial charge in [-0.05, 0) is 69.6 Å². The lowest BCUT2D eigenvalue weighted by Gasteiger charge is -2.38. The summed E-state index contributed by atoms with van der Waals surface area (Å²) >= 11 is 0. The summed E-state index contributed by atoms with van der Waals surface area (Å²) in [5.41, 5.74) is 2.33. The highest BCUT2D eigenvalue weighted by molar-refractivity contribution is 5.94. The van der Waals surface area contributed by atoms with Crippen molar-refractivity contribution in [2.24, 2.45) is 5.41 Å². The van der Waals surface area contributed by atoms with E-state index in [1.54, 1.807) is 17.9 Å². The van der Waals surface area contributed by atoms with Crippen molar-refractivity contribution in [3.05, 3.63) is 41.0 Å². The Morgan fingerprint density at radius 3 is 2.62 bits per heavy atom. The maximum atomic E-state index is 13.5. The zero-order valence-electron chi connectivity index (χ0n) is 19.6. The molecule has 3 aliphatic heterocycles. The third-order valence-corrected chi connectivity index (χ3v) is 7.47. The Hall–Kier alpha value is -3.18. The predicted molar refractivity (Wildman–Crippen MR) is 119 cm³/mol. The van der Waals surface area contributed by atoms with Crippen LogP contribution >= 0.6 is 0 Å². The molecule has 34 heavy (non-hydrogen) atoms. The highest BCUT2D eigenvalue weighted by atomic mass is 16.5. The van der Waals surface area contributed by atoms with Crippen LogP contribution in [-0.4, -0.2) is 84.3 Å². The van der Waals surface area contributed by atoms with Gasteiger partial charge in [0.05, 0.1) is 22.8 Å². The van der Waals surface area contributed by atoms with E-state index in [1.807, 2.05) is 19.9 Å². The molecule has 1 unspecified atom stereocenters. The second kappa shape index (κ2) is 8.55. The fourth-order valence-electron chi connectivity index (χ4n) is 5.54. The first-order valence-corrected chi connectivity index (χ1v) is 11.6. The van der Waals surface area contributed by atoms with Crippen LogP contribution in [0.2, 0.25) is 0 Å². The molecule has 3 aliphatic rings. The minimum atomic E-state index is -0.686. The van der Waals surface area contributed by atoms with Gasteiger partial charge in [-0.3, -0.25) is 4.79 Å². The molecule has 0 aromatic carbocycles. The number of pyridine rings is 1. The number of esters is 1. The number of aryl methyl sites for hydroxylation is 1. The van der Waals surface area contributed by atoms with Crippen LogP contribution in [0.5, 0.6) is 0 Å². The summed E-state index contributed by atoms with van der Waals surface area (Å²) in [5.74, 6) is 0.359. The van der Waals surface area contributed by atoms with Gasteiger partial charge >= 0.3 is 5.97 Å². The number of carbonyl (C=O) groups excluding carboxylic acids is 2. The number of rotatable bonds is 5. The molecule has 0 saturated carbocycles. The normalized spacial score (nSPS) is 23.8. The van der Waals surface area contributed by atoms with E-state index in [4.69, 9.17) is 4.74 Å². The van der Waals surface area contributed by atoms with Crippen LogP contribution in [0.4, 0.5) is 0 Å². The van der Waals surface area contributed by atoms with Gasteiger partial charge in [0.15, 0.2) is 5.82 Å². The Balaban J connectivity index is 1.23. The number of cyclic esters (lactones) is 1. The average molecular weight is 468 g/mol. The Morgan fingerprint density at radius 1 is 1.24 bits per heavy atom. The van der Waals surface area contributed by atoms with Crippen LogP contribution in [0, 0.1) is 12.3 Å². The van der Waals surface area contributed by atoms with Gasteiger partial charge in [-0.25, -0.2) is 9.78 Å². The summed E-state index contributed by atoms with van der Waals surface area (Å²) in [6, 6.07) is 3.68. The topological polar surface area (TPSA) is 127 Å². The number of aliphatic hydroxyl groups excluding tert-OH is 1. The lowest BCUT2D eigenvalue weighted by molar-refractivity contribution is -0.139. The quantitative estimate of drug-likeness (QED) is 0.639. The van der Waals surface area contributed by atoms with Gasteiger partial charge in [0.2, 0.25) is 5.91 Å². The first-order valence-electron chi connectivity index (χ1n) is 11.6. The number of hydrogen-bond donors (Lipinski definition) is 1. The molecule has 5 heterocycles. The summed E-state index contributed by atoms with van der Waals surface area (Å²) in [7, 11) is 0. The number of tetrazole rings is 1. The van der Waals surface area contributed by atoms with E-state index >= 15 is 0 Å². The largest absolute Gasteiger partial charge is 0.456 e. The lowest BCUT2D eigenvalue weighted by atomic mass is 9.76. The van der Waals surface area contributed by atoms with E-state index in [9.17, 15) is 14.7 Å². The fraction of sp³-hybridized carbons (Fsp3) is 0.565. The summed E-state index contributed by atoms with van der Waals surface area (Å²) in [5, 5.41) is 22.0. The van der Waals surface area contributed by atoms with Crippen molar-refractivity contribution in [3.63, 3.8) is 0 Å². The van der Waals surface area contributed by atoms with Crippen molar-refractivity contribution >= 4 is 11.9 Å². The van der Waals surface area contributed by atoms with Crippen LogP contribution < -0.4 is 0 Å². The van der Waals surface area contributed by atoms with Gasteiger partial charge in [-0.1, -0.05) is 6.07 Å². The van der Waals surface area contributed by atoms with Crippen molar-refractivity contribution in [1.82, 2.24) is 35.0 Å². The molecule has 0 bridgehead atoms. The second-order valence-corrected chi connectivity index (χ2v) is 9.57. The molecule has 0 aliphatic carbocycles. The molecule has 2 aromatic rings. The number of ether oxygens (including phenoxy) is 1. The number of amides is 1. The summed E-state index contributed by atoms with van der Waals surface area (Å²) < 4.78 is 6.62. The van der Waals surface area contributed by atoms with Gasteiger partial charge in [-0.15, -0.1) is 5.10 Å². The third kappa shape index (κ3) is 3.78. The smallest absolute Gasteiger partial charge is 0.336 e. The van der Waals surface area contributed by atoms with E-state index in [0.29, 0.717) is 23.6 Å². The Bertz CT molecular complexity index is 1140. The predicted octanol–water partition coefficient (Wildman–Crippen LogP) is 0.933. The molecule has 2 fully saturated rings. The van der Waals surface area contributed by atoms with Gasteiger partial charge in [-0.2, -0.15) is 4.68 Å². The maximum absolute atomic E-state index is 13.5. The average Bonchev–Trinajstić information content (AvgIpc) is 3.51. The minimum Gasteiger partial charge on any atom is -0.456 e. The van der Waals surface area contributed by atoms with Crippen molar-refractivity contribution in [2.75, 3.05) is 26.2 Å². The molecule has 1 spiro atoms. The number of β-amino-alcohol motifs (C(OH)–C–C–N with tert-alkyl or cyclic N) is 1. The molecule has 2 atom stereocenters. The molecule has 11 nitrogen and oxygen atoms in total. The van der Waals surface area contributed by atoms with Crippen molar-refractivity contribution in [2.45, 2.75) is 52.2 Å². The number of aromatic nitrogens is 5. The summed E-state index contributed by atoms with van der Waals surface area (Å²) in [6.07, 6.45) is 3.03. The molecule has 2 saturated heterocycles. The molecule has 1 amide bonds. The number of aliphatic hydroxyl groups is 1. The third-order valence-electron chi connectivity index (χ3n) is 7.47. The van der Waals surface area contributed by atoms with Crippen molar-refractivity contribution in [3.8, 4) is 5.82 Å². The number of likely N-dealkylation sites (tertiary alicyclic amines) is 2. The van der Waals surface area contributed by atoms with Gasteiger partial charge in [0.1, 0.15) is 12.9 Å². The van der Waals surface area contributed by atoms with E-state index in [1.165, 1.54) is 11.0 Å². The fourth-order valence-corrected chi connectivity index (χ4v) is 5.54. The number of piperidine rings is 1. The SMILES string of the molecule is CC1=C(N2C(=O)C3(CCN(C[C@H](O)c4ccc(-n5cnnn5)nc4C)CC3)CC2C)COC1=O. The zero-order chi connectivity index (χ0) is 24.0. The van der Waals surface area contributed by atoms with Crippen LogP contribution in [0.15, 0.2) is 29.7 Å². The van der Waals surface area contributed by atoms with E-state index in [0.717, 1.165) is 43.6 Å². The Labute approximate surface area is 197 Å². The van der Waals surface area contributed by atoms with Gasteiger partial charge in [0.25, 0.3) is 0 Å². The van der Waals surface area contributed by atoms with E-state index in [-0.39, 0.29) is 24.5 Å². The van der Waals surface area contributed by atoms with Crippen LogP contribution in [-0.2, 0) is 14.3 Å². The highest BCUT2D eigenvalue weighted by Gasteiger charge is 2.53. The van der Waals surface area contributed by atoms with Crippen molar-refractivity contribution < 1.29 is 19.4 Å². The van der Waals surface area contributed by atoms with Crippen LogP contribution in [0.25, 0.3) is 5.82 Å². The maximum Gasteiger partial charge on any atom is 0.336 e. The van der Waals surface area contributed by atoms with Crippen LogP contribution in [0.1, 0.15) is 50.5 Å². The Morgan fingerprint density at radius 2 is 2.00 bits per heavy atom. The first kappa shape index (κ1) is 22.6. The Kier molecular flexibility index (Phi) is 5.68. The van der Waals surface area contributed by atoms with Gasteiger partial charge < -0.3 is 19.6 Å². The zero-order valence-corrected chi connectivity index (χ0v) is 19.6. The summed E-state index contributed by atoms with van der Waals surface area (Å²) in [6.45, 7) is 7.74. The number of nitrogens with zero attached hydrogens (tertiary/aromatic N) is 7. The molecule has 5 rings (SSSR count). The van der Waals surface area contributed by atoms with Crippen LogP contribution in [0.3, 0.4) is 0 Å². The summed E-state index contributed by atoms with van der Waals surface area (Å²) in [4.78, 5) is 33.8.